The second-order valence-corrected chi connectivity index (χ2v) is 10.2. The largest absolute Gasteiger partial charge is 0.586 e. The summed E-state index contributed by atoms with van der Waals surface area (Å²) in [6.07, 6.45) is -2.19. The molecule has 1 aromatic heterocycles. The van der Waals surface area contributed by atoms with Gasteiger partial charge in [-0.2, -0.15) is 0 Å². The quantitative estimate of drug-likeness (QED) is 0.245. The molecule has 0 unspecified atom stereocenters. The second-order valence-electron chi connectivity index (χ2n) is 10.2. The van der Waals surface area contributed by atoms with Gasteiger partial charge in [-0.1, -0.05) is 24.3 Å². The number of nitrogens with one attached hydrogen (secondary N) is 3. The maximum Gasteiger partial charge on any atom is 0.586 e. The summed E-state index contributed by atoms with van der Waals surface area (Å²) in [4.78, 5) is 32.4. The Morgan fingerprint density at radius 2 is 1.61 bits per heavy atom. The average molecular weight is 602 g/mol. The second kappa shape index (κ2) is 12.6. The molecule has 2 aliphatic rings. The van der Waals surface area contributed by atoms with E-state index in [1.165, 1.54) is 18.2 Å². The first-order valence-electron chi connectivity index (χ1n) is 14.0. The Balaban J connectivity index is 1.04. The van der Waals surface area contributed by atoms with Gasteiger partial charge in [-0.05, 0) is 59.7 Å². The third kappa shape index (κ3) is 6.87. The van der Waals surface area contributed by atoms with Crippen LogP contribution in [0.3, 0.4) is 0 Å². The van der Waals surface area contributed by atoms with Gasteiger partial charge in [0.05, 0.1) is 18.8 Å². The molecular weight excluding hydrogens is 572 g/mol. The van der Waals surface area contributed by atoms with Crippen LogP contribution in [0, 0.1) is 0 Å². The van der Waals surface area contributed by atoms with Gasteiger partial charge in [0.1, 0.15) is 5.69 Å². The number of halogens is 2. The Labute approximate surface area is 251 Å². The number of para-hydroxylation sites is 1. The lowest BCUT2D eigenvalue weighted by Crippen LogP contribution is -2.36. The van der Waals surface area contributed by atoms with E-state index in [0.29, 0.717) is 24.3 Å². The van der Waals surface area contributed by atoms with Gasteiger partial charge < -0.3 is 35.1 Å². The smallest absolute Gasteiger partial charge is 0.395 e. The van der Waals surface area contributed by atoms with Gasteiger partial charge in [-0.15, -0.1) is 8.78 Å². The van der Waals surface area contributed by atoms with Crippen LogP contribution in [0.15, 0.2) is 85.1 Å². The van der Waals surface area contributed by atoms with E-state index in [0.717, 1.165) is 43.1 Å². The number of ether oxygens (including phenoxy) is 3. The standard InChI is InChI=1S/C32H29F2N5O5/c33-32(34)43-28-10-7-23(18-29(28)44-32)38-30(40)25-3-1-2-4-26(25)36-20-22-11-12-35-27(17-22)31(41)37-19-21-5-8-24(9-6-21)39-13-15-42-16-14-39/h1-12,17-18,36H,13-16,19-20H2,(H,37,41)(H,38,40). The minimum atomic E-state index is -3.75. The van der Waals surface area contributed by atoms with Crippen LogP contribution in [0.25, 0.3) is 0 Å². The molecule has 3 heterocycles. The number of aromatic nitrogens is 1. The number of rotatable bonds is 9. The van der Waals surface area contributed by atoms with Gasteiger partial charge in [0.25, 0.3) is 11.8 Å². The highest BCUT2D eigenvalue weighted by atomic mass is 19.3. The maximum atomic E-state index is 13.3. The first kappa shape index (κ1) is 28.9. The number of morpholine rings is 1. The summed E-state index contributed by atoms with van der Waals surface area (Å²) in [5.41, 5.74) is 4.30. The topological polar surface area (TPSA) is 114 Å². The SMILES string of the molecule is O=C(NCc1ccc(N2CCOCC2)cc1)c1cc(CNc2ccccc2C(=O)Nc2ccc3c(c2)OC(F)(F)O3)ccn1. The number of fused-ring (bicyclic) bond motifs is 1. The average Bonchev–Trinajstić information content (AvgIpc) is 3.36. The summed E-state index contributed by atoms with van der Waals surface area (Å²) in [7, 11) is 0. The number of anilines is 3. The molecule has 3 aromatic carbocycles. The summed E-state index contributed by atoms with van der Waals surface area (Å²) in [6, 6.07) is 22.4. The van der Waals surface area contributed by atoms with Crippen molar-refractivity contribution in [3.05, 3.63) is 107 Å². The molecule has 12 heteroatoms. The number of benzene rings is 3. The minimum Gasteiger partial charge on any atom is -0.395 e. The van der Waals surface area contributed by atoms with Crippen LogP contribution in [0.5, 0.6) is 11.5 Å². The van der Waals surface area contributed by atoms with Crippen molar-refractivity contribution in [3.8, 4) is 11.5 Å². The lowest BCUT2D eigenvalue weighted by atomic mass is 10.1. The Kier molecular flexibility index (Phi) is 8.24. The predicted octanol–water partition coefficient (Wildman–Crippen LogP) is 5.03. The monoisotopic (exact) mass is 601 g/mol. The zero-order valence-corrected chi connectivity index (χ0v) is 23.5. The molecule has 10 nitrogen and oxygen atoms in total. The molecule has 0 saturated carbocycles. The van der Waals surface area contributed by atoms with E-state index >= 15 is 0 Å². The summed E-state index contributed by atoms with van der Waals surface area (Å²) >= 11 is 0. The first-order chi connectivity index (χ1) is 21.3. The van der Waals surface area contributed by atoms with Crippen LogP contribution in [-0.2, 0) is 17.8 Å². The summed E-state index contributed by atoms with van der Waals surface area (Å²) in [6.45, 7) is 3.83. The maximum absolute atomic E-state index is 13.3. The lowest BCUT2D eigenvalue weighted by Gasteiger charge is -2.28. The Morgan fingerprint density at radius 3 is 2.43 bits per heavy atom. The highest BCUT2D eigenvalue weighted by Crippen LogP contribution is 2.42. The molecule has 6 rings (SSSR count). The zero-order chi connectivity index (χ0) is 30.5. The molecule has 2 amide bonds. The van der Waals surface area contributed by atoms with Crippen LogP contribution in [-0.4, -0.2) is 49.4 Å². The van der Waals surface area contributed by atoms with Gasteiger partial charge in [-0.25, -0.2) is 0 Å². The predicted molar refractivity (Wildman–Crippen MR) is 159 cm³/mol. The molecule has 1 saturated heterocycles. The molecule has 4 aromatic rings. The van der Waals surface area contributed by atoms with Gasteiger partial charge in [0, 0.05) is 55.5 Å². The lowest BCUT2D eigenvalue weighted by molar-refractivity contribution is -0.286. The number of hydrogen-bond donors (Lipinski definition) is 3. The van der Waals surface area contributed by atoms with E-state index in [4.69, 9.17) is 4.74 Å². The molecule has 0 bridgehead atoms. The van der Waals surface area contributed by atoms with Crippen LogP contribution in [0.2, 0.25) is 0 Å². The minimum absolute atomic E-state index is 0.112. The number of hydrogen-bond acceptors (Lipinski definition) is 8. The van der Waals surface area contributed by atoms with Crippen LogP contribution >= 0.6 is 0 Å². The normalized spacial score (nSPS) is 15.0. The van der Waals surface area contributed by atoms with Crippen LogP contribution in [0.4, 0.5) is 25.8 Å². The molecule has 0 spiro atoms. The Hall–Kier alpha value is -5.23. The molecule has 1 fully saturated rings. The number of alkyl halides is 2. The third-order valence-corrected chi connectivity index (χ3v) is 7.14. The molecule has 3 N–H and O–H groups in total. The fourth-order valence-electron chi connectivity index (χ4n) is 4.89. The molecule has 0 aliphatic carbocycles. The molecule has 0 atom stereocenters. The summed E-state index contributed by atoms with van der Waals surface area (Å²) in [5, 5.41) is 8.84. The van der Waals surface area contributed by atoms with E-state index in [2.05, 4.69) is 35.3 Å². The molecule has 226 valence electrons. The van der Waals surface area contributed by atoms with E-state index in [1.54, 1.807) is 42.6 Å². The van der Waals surface area contributed by atoms with E-state index in [1.807, 2.05) is 24.3 Å². The summed E-state index contributed by atoms with van der Waals surface area (Å²) < 4.78 is 41.0. The molecular formula is C32H29F2N5O5. The number of nitrogens with zero attached hydrogens (tertiary/aromatic N) is 2. The zero-order valence-electron chi connectivity index (χ0n) is 23.5. The number of carbonyl (C=O) groups excluding carboxylic acids is 2. The highest BCUT2D eigenvalue weighted by Gasteiger charge is 2.43. The number of pyridine rings is 1. The fourth-order valence-corrected chi connectivity index (χ4v) is 4.89. The van der Waals surface area contributed by atoms with Crippen molar-refractivity contribution in [2.24, 2.45) is 0 Å². The number of carbonyl (C=O) groups is 2. The number of amides is 2. The van der Waals surface area contributed by atoms with E-state index < -0.39 is 12.2 Å². The summed E-state index contributed by atoms with van der Waals surface area (Å²) in [5.74, 6) is -1.03. The van der Waals surface area contributed by atoms with Crippen molar-refractivity contribution in [1.82, 2.24) is 10.3 Å². The van der Waals surface area contributed by atoms with Crippen molar-refractivity contribution in [2.75, 3.05) is 41.8 Å². The molecule has 2 aliphatic heterocycles. The van der Waals surface area contributed by atoms with Gasteiger partial charge in [0.15, 0.2) is 11.5 Å². The van der Waals surface area contributed by atoms with E-state index in [-0.39, 0.29) is 28.8 Å². The third-order valence-electron chi connectivity index (χ3n) is 7.14. The highest BCUT2D eigenvalue weighted by molar-refractivity contribution is 6.08. The van der Waals surface area contributed by atoms with Gasteiger partial charge in [0.2, 0.25) is 0 Å². The van der Waals surface area contributed by atoms with Crippen molar-refractivity contribution in [3.63, 3.8) is 0 Å². The fraction of sp³-hybridized carbons (Fsp3) is 0.219. The first-order valence-corrected chi connectivity index (χ1v) is 14.0. The molecule has 44 heavy (non-hydrogen) atoms. The van der Waals surface area contributed by atoms with Gasteiger partial charge in [-0.3, -0.25) is 14.6 Å². The van der Waals surface area contributed by atoms with Crippen molar-refractivity contribution >= 4 is 28.9 Å². The Bertz CT molecular complexity index is 1660. The van der Waals surface area contributed by atoms with Crippen molar-refractivity contribution < 1.29 is 32.6 Å². The molecule has 0 radical (unpaired) electrons. The van der Waals surface area contributed by atoms with E-state index in [9.17, 15) is 18.4 Å². The van der Waals surface area contributed by atoms with Crippen LogP contribution in [0.1, 0.15) is 32.0 Å². The van der Waals surface area contributed by atoms with Gasteiger partial charge >= 0.3 is 6.29 Å². The van der Waals surface area contributed by atoms with Crippen LogP contribution < -0.4 is 30.3 Å². The Morgan fingerprint density at radius 1 is 0.841 bits per heavy atom. The van der Waals surface area contributed by atoms with Crippen molar-refractivity contribution in [2.45, 2.75) is 19.4 Å². The van der Waals surface area contributed by atoms with Crippen molar-refractivity contribution in [1.29, 1.82) is 0 Å².